The minimum atomic E-state index is 0.770. The van der Waals surface area contributed by atoms with Crippen LogP contribution in [0.3, 0.4) is 0 Å². The summed E-state index contributed by atoms with van der Waals surface area (Å²) in [6, 6.07) is 26.1. The fourth-order valence-corrected chi connectivity index (χ4v) is 5.27. The number of rotatable bonds is 3. The van der Waals surface area contributed by atoms with Crippen LogP contribution in [0.2, 0.25) is 0 Å². The summed E-state index contributed by atoms with van der Waals surface area (Å²) in [5.41, 5.74) is 8.16. The maximum absolute atomic E-state index is 4.93. The molecule has 0 atom stereocenters. The van der Waals surface area contributed by atoms with Crippen molar-refractivity contribution in [1.82, 2.24) is 19.1 Å². The van der Waals surface area contributed by atoms with E-state index in [0.717, 1.165) is 29.4 Å². The summed E-state index contributed by atoms with van der Waals surface area (Å²) in [5.74, 6) is 1.67. The van der Waals surface area contributed by atoms with Gasteiger partial charge in [0.2, 0.25) is 0 Å². The van der Waals surface area contributed by atoms with Crippen LogP contribution in [0.4, 0.5) is 0 Å². The average molecular weight is 431 g/mol. The van der Waals surface area contributed by atoms with Gasteiger partial charge in [0.25, 0.3) is 0 Å². The lowest BCUT2D eigenvalue weighted by atomic mass is 10.0. The molecular weight excluding hydrogens is 404 g/mol. The predicted octanol–water partition coefficient (Wildman–Crippen LogP) is 7.14. The highest BCUT2D eigenvalue weighted by atomic mass is 15.2. The summed E-state index contributed by atoms with van der Waals surface area (Å²) in [4.78, 5) is 9.74. The van der Waals surface area contributed by atoms with Gasteiger partial charge in [0.15, 0.2) is 0 Å². The van der Waals surface area contributed by atoms with Crippen LogP contribution in [0, 0.1) is 20.8 Å². The van der Waals surface area contributed by atoms with Gasteiger partial charge in [0, 0.05) is 34.3 Å². The largest absolute Gasteiger partial charge is 0.327 e. The minimum Gasteiger partial charge on any atom is -0.327 e. The number of para-hydroxylation sites is 2. The highest BCUT2D eigenvalue weighted by molar-refractivity contribution is 6.21. The molecule has 0 bridgehead atoms. The van der Waals surface area contributed by atoms with Gasteiger partial charge in [-0.25, -0.2) is 9.97 Å². The molecule has 0 saturated carbocycles. The van der Waals surface area contributed by atoms with Crippen molar-refractivity contribution in [2.24, 2.45) is 0 Å². The van der Waals surface area contributed by atoms with Crippen molar-refractivity contribution in [3.8, 4) is 17.1 Å². The SMILES string of the molecule is CCn1c2ccccc2c2c3ccccc3n(-c3cc(-c4cc(C)cc(C)c4)nc(C)n3)c21. The van der Waals surface area contributed by atoms with Crippen molar-refractivity contribution in [1.29, 1.82) is 0 Å². The average Bonchev–Trinajstić information content (AvgIpc) is 3.30. The Morgan fingerprint density at radius 3 is 2.06 bits per heavy atom. The number of aryl methyl sites for hydroxylation is 4. The fourth-order valence-electron chi connectivity index (χ4n) is 5.27. The second-order valence-corrected chi connectivity index (χ2v) is 8.85. The first-order valence-electron chi connectivity index (χ1n) is 11.5. The Hall–Kier alpha value is -3.92. The van der Waals surface area contributed by atoms with Gasteiger partial charge in [-0.3, -0.25) is 4.57 Å². The Morgan fingerprint density at radius 1 is 0.727 bits per heavy atom. The molecule has 4 nitrogen and oxygen atoms in total. The van der Waals surface area contributed by atoms with E-state index in [1.165, 1.54) is 44.0 Å². The van der Waals surface area contributed by atoms with Crippen LogP contribution < -0.4 is 0 Å². The molecule has 3 aromatic carbocycles. The van der Waals surface area contributed by atoms with Crippen molar-refractivity contribution in [2.45, 2.75) is 34.2 Å². The van der Waals surface area contributed by atoms with E-state index in [4.69, 9.17) is 9.97 Å². The summed E-state index contributed by atoms with van der Waals surface area (Å²) < 4.78 is 4.72. The Bertz CT molecular complexity index is 1660. The third kappa shape index (κ3) is 2.98. The second kappa shape index (κ2) is 7.31. The molecule has 0 aliphatic heterocycles. The summed E-state index contributed by atoms with van der Waals surface area (Å²) in [6.45, 7) is 9.34. The number of hydrogen-bond donors (Lipinski definition) is 0. The molecule has 0 amide bonds. The molecule has 0 unspecified atom stereocenters. The lowest BCUT2D eigenvalue weighted by molar-refractivity contribution is 0.803. The monoisotopic (exact) mass is 430 g/mol. The van der Waals surface area contributed by atoms with Crippen LogP contribution >= 0.6 is 0 Å². The fraction of sp³-hybridized carbons (Fsp3) is 0.172. The molecule has 33 heavy (non-hydrogen) atoms. The molecular formula is C29H26N4. The topological polar surface area (TPSA) is 35.6 Å². The van der Waals surface area contributed by atoms with Gasteiger partial charge in [-0.2, -0.15) is 0 Å². The summed E-state index contributed by atoms with van der Waals surface area (Å²) in [6.07, 6.45) is 0. The molecule has 6 rings (SSSR count). The second-order valence-electron chi connectivity index (χ2n) is 8.85. The van der Waals surface area contributed by atoms with Crippen molar-refractivity contribution in [3.63, 3.8) is 0 Å². The van der Waals surface area contributed by atoms with Crippen LogP contribution in [0.1, 0.15) is 23.9 Å². The predicted molar refractivity (Wildman–Crippen MR) is 137 cm³/mol. The highest BCUT2D eigenvalue weighted by Gasteiger charge is 2.21. The maximum Gasteiger partial charge on any atom is 0.143 e. The molecule has 0 N–H and O–H groups in total. The van der Waals surface area contributed by atoms with E-state index >= 15 is 0 Å². The Balaban J connectivity index is 1.74. The molecule has 0 radical (unpaired) electrons. The lowest BCUT2D eigenvalue weighted by Gasteiger charge is -2.13. The summed E-state index contributed by atoms with van der Waals surface area (Å²) in [7, 11) is 0. The molecule has 0 aliphatic rings. The van der Waals surface area contributed by atoms with E-state index in [1.54, 1.807) is 0 Å². The molecule has 6 aromatic rings. The van der Waals surface area contributed by atoms with Gasteiger partial charge in [-0.1, -0.05) is 53.6 Å². The van der Waals surface area contributed by atoms with Crippen molar-refractivity contribution < 1.29 is 0 Å². The highest BCUT2D eigenvalue weighted by Crippen LogP contribution is 2.39. The van der Waals surface area contributed by atoms with Gasteiger partial charge >= 0.3 is 0 Å². The van der Waals surface area contributed by atoms with E-state index in [9.17, 15) is 0 Å². The number of nitrogens with zero attached hydrogens (tertiary/aromatic N) is 4. The van der Waals surface area contributed by atoms with Crippen molar-refractivity contribution >= 4 is 32.8 Å². The molecule has 0 fully saturated rings. The van der Waals surface area contributed by atoms with E-state index in [-0.39, 0.29) is 0 Å². The van der Waals surface area contributed by atoms with Crippen molar-refractivity contribution in [2.75, 3.05) is 0 Å². The van der Waals surface area contributed by atoms with Crippen LogP contribution in [-0.4, -0.2) is 19.1 Å². The summed E-state index contributed by atoms with van der Waals surface area (Å²) >= 11 is 0. The number of benzene rings is 3. The molecule has 0 spiro atoms. The zero-order chi connectivity index (χ0) is 22.7. The standard InChI is InChI=1S/C29H26N4/c1-5-32-25-12-8-6-10-22(25)28-23-11-7-9-13-26(23)33(29(28)32)27-17-24(30-20(4)31-27)21-15-18(2)14-19(3)16-21/h6-17H,5H2,1-4H3. The minimum absolute atomic E-state index is 0.770. The van der Waals surface area contributed by atoms with Crippen molar-refractivity contribution in [3.05, 3.63) is 89.7 Å². The van der Waals surface area contributed by atoms with Gasteiger partial charge < -0.3 is 4.57 Å². The van der Waals surface area contributed by atoms with E-state index in [1.807, 2.05) is 6.92 Å². The zero-order valence-electron chi connectivity index (χ0n) is 19.4. The van der Waals surface area contributed by atoms with E-state index in [0.29, 0.717) is 0 Å². The van der Waals surface area contributed by atoms with Gasteiger partial charge in [-0.15, -0.1) is 0 Å². The van der Waals surface area contributed by atoms with Gasteiger partial charge in [0.05, 0.1) is 16.7 Å². The normalized spacial score (nSPS) is 11.8. The third-order valence-electron chi connectivity index (χ3n) is 6.46. The quantitative estimate of drug-likeness (QED) is 0.299. The lowest BCUT2D eigenvalue weighted by Crippen LogP contribution is -2.06. The molecule has 3 heterocycles. The number of hydrogen-bond acceptors (Lipinski definition) is 2. The van der Waals surface area contributed by atoms with Crippen LogP contribution in [-0.2, 0) is 6.54 Å². The van der Waals surface area contributed by atoms with Crippen LogP contribution in [0.25, 0.3) is 49.9 Å². The summed E-state index contributed by atoms with van der Waals surface area (Å²) in [5, 5.41) is 3.82. The number of aromatic nitrogens is 4. The van der Waals surface area contributed by atoms with Gasteiger partial charge in [-0.05, 0) is 52.0 Å². The first kappa shape index (κ1) is 19.7. The van der Waals surface area contributed by atoms with E-state index < -0.39 is 0 Å². The molecule has 162 valence electrons. The smallest absolute Gasteiger partial charge is 0.143 e. The molecule has 3 aromatic heterocycles. The van der Waals surface area contributed by atoms with Gasteiger partial charge in [0.1, 0.15) is 17.3 Å². The molecule has 4 heteroatoms. The van der Waals surface area contributed by atoms with Crippen LogP contribution in [0.15, 0.2) is 72.8 Å². The Labute approximate surface area is 193 Å². The first-order valence-corrected chi connectivity index (χ1v) is 11.5. The number of fused-ring (bicyclic) bond motifs is 5. The van der Waals surface area contributed by atoms with E-state index in [2.05, 4.69) is 103 Å². The maximum atomic E-state index is 4.93. The Kier molecular flexibility index (Phi) is 4.37. The van der Waals surface area contributed by atoms with Crippen LogP contribution in [0.5, 0.6) is 0 Å². The molecule has 0 saturated heterocycles. The third-order valence-corrected chi connectivity index (χ3v) is 6.46. The zero-order valence-corrected chi connectivity index (χ0v) is 19.4. The molecule has 0 aliphatic carbocycles. The Morgan fingerprint density at radius 2 is 1.36 bits per heavy atom. The first-order chi connectivity index (χ1) is 16.0.